The van der Waals surface area contributed by atoms with Gasteiger partial charge in [0.1, 0.15) is 5.75 Å². The van der Waals surface area contributed by atoms with Gasteiger partial charge in [0, 0.05) is 5.56 Å². The van der Waals surface area contributed by atoms with Gasteiger partial charge in [0.25, 0.3) is 5.69 Å². The molecule has 0 fully saturated rings. The van der Waals surface area contributed by atoms with Gasteiger partial charge >= 0.3 is 6.61 Å². The van der Waals surface area contributed by atoms with E-state index in [9.17, 15) is 23.7 Å². The Kier molecular flexibility index (Phi) is 4.78. The summed E-state index contributed by atoms with van der Waals surface area (Å²) in [6.45, 7) is -2.99. The van der Waals surface area contributed by atoms with Crippen LogP contribution in [0.1, 0.15) is 15.9 Å². The lowest BCUT2D eigenvalue weighted by Crippen LogP contribution is -2.02. The molecule has 3 rings (SSSR count). The Hall–Kier alpha value is -3.49. The summed E-state index contributed by atoms with van der Waals surface area (Å²) in [6, 6.07) is 7.73. The molecule has 0 spiro atoms. The van der Waals surface area contributed by atoms with Crippen LogP contribution in [0.5, 0.6) is 17.2 Å². The van der Waals surface area contributed by atoms with E-state index in [1.165, 1.54) is 42.5 Å². The molecule has 26 heavy (non-hydrogen) atoms. The first-order valence-corrected chi connectivity index (χ1v) is 7.29. The predicted octanol–water partition coefficient (Wildman–Crippen LogP) is 3.82. The van der Waals surface area contributed by atoms with Gasteiger partial charge < -0.3 is 14.2 Å². The standard InChI is InChI=1S/C17H11F2NO6/c18-17(19)26-12-4-1-10(2-5-12)14(21)6-3-11-7-15-16(25-9-24-15)8-13(11)20(22)23/h1-8,17H,9H2/b6-3+. The van der Waals surface area contributed by atoms with E-state index in [-0.39, 0.29) is 35.1 Å². The van der Waals surface area contributed by atoms with Gasteiger partial charge in [-0.1, -0.05) is 0 Å². The zero-order valence-corrected chi connectivity index (χ0v) is 13.1. The number of hydrogen-bond donors (Lipinski definition) is 0. The van der Waals surface area contributed by atoms with E-state index < -0.39 is 17.3 Å². The van der Waals surface area contributed by atoms with E-state index in [4.69, 9.17) is 9.47 Å². The van der Waals surface area contributed by atoms with Crippen LogP contribution in [0.3, 0.4) is 0 Å². The van der Waals surface area contributed by atoms with Crippen LogP contribution in [0, 0.1) is 10.1 Å². The third-order valence-electron chi connectivity index (χ3n) is 3.50. The van der Waals surface area contributed by atoms with Crippen LogP contribution in [0.15, 0.2) is 42.5 Å². The molecule has 134 valence electrons. The summed E-state index contributed by atoms with van der Waals surface area (Å²) in [5, 5.41) is 11.2. The topological polar surface area (TPSA) is 87.9 Å². The molecule has 0 N–H and O–H groups in total. The smallest absolute Gasteiger partial charge is 0.387 e. The quantitative estimate of drug-likeness (QED) is 0.336. The summed E-state index contributed by atoms with van der Waals surface area (Å²) in [7, 11) is 0. The van der Waals surface area contributed by atoms with Crippen molar-refractivity contribution in [3.05, 3.63) is 63.7 Å². The summed E-state index contributed by atoms with van der Waals surface area (Å²) in [6.07, 6.45) is 2.43. The van der Waals surface area contributed by atoms with Crippen molar-refractivity contribution in [1.29, 1.82) is 0 Å². The number of alkyl halides is 2. The Morgan fingerprint density at radius 3 is 2.46 bits per heavy atom. The Morgan fingerprint density at radius 2 is 1.85 bits per heavy atom. The van der Waals surface area contributed by atoms with Crippen LogP contribution in [-0.4, -0.2) is 24.1 Å². The first-order valence-electron chi connectivity index (χ1n) is 7.29. The van der Waals surface area contributed by atoms with E-state index >= 15 is 0 Å². The van der Waals surface area contributed by atoms with E-state index in [1.807, 2.05) is 0 Å². The normalized spacial score (nSPS) is 12.6. The fourth-order valence-corrected chi connectivity index (χ4v) is 2.30. The van der Waals surface area contributed by atoms with Gasteiger partial charge in [0.2, 0.25) is 6.79 Å². The molecule has 1 heterocycles. The molecule has 0 saturated heterocycles. The zero-order valence-electron chi connectivity index (χ0n) is 13.1. The van der Waals surface area contributed by atoms with Crippen molar-refractivity contribution in [1.82, 2.24) is 0 Å². The van der Waals surface area contributed by atoms with Crippen LogP contribution in [-0.2, 0) is 0 Å². The number of nitrogens with zero attached hydrogens (tertiary/aromatic N) is 1. The lowest BCUT2D eigenvalue weighted by molar-refractivity contribution is -0.385. The number of carbonyl (C=O) groups excluding carboxylic acids is 1. The Labute approximate surface area is 145 Å². The van der Waals surface area contributed by atoms with Crippen LogP contribution in [0.2, 0.25) is 0 Å². The van der Waals surface area contributed by atoms with E-state index in [0.717, 1.165) is 6.08 Å². The van der Waals surface area contributed by atoms with Crippen molar-refractivity contribution in [3.63, 3.8) is 0 Å². The third-order valence-corrected chi connectivity index (χ3v) is 3.50. The highest BCUT2D eigenvalue weighted by Gasteiger charge is 2.22. The van der Waals surface area contributed by atoms with Crippen molar-refractivity contribution in [3.8, 4) is 17.2 Å². The number of ether oxygens (including phenoxy) is 3. The maximum atomic E-state index is 12.2. The number of allylic oxidation sites excluding steroid dienone is 1. The first-order chi connectivity index (χ1) is 12.4. The molecule has 0 aliphatic carbocycles. The minimum absolute atomic E-state index is 0.0361. The van der Waals surface area contributed by atoms with E-state index in [0.29, 0.717) is 5.75 Å². The molecule has 2 aromatic rings. The maximum Gasteiger partial charge on any atom is 0.387 e. The minimum Gasteiger partial charge on any atom is -0.454 e. The molecular formula is C17H11F2NO6. The second-order valence-corrected chi connectivity index (χ2v) is 5.12. The average Bonchev–Trinajstić information content (AvgIpc) is 3.06. The summed E-state index contributed by atoms with van der Waals surface area (Å²) in [5.41, 5.74) is 0.149. The van der Waals surface area contributed by atoms with Crippen LogP contribution in [0.25, 0.3) is 6.08 Å². The van der Waals surface area contributed by atoms with Crippen LogP contribution in [0.4, 0.5) is 14.5 Å². The Balaban J connectivity index is 1.81. The number of carbonyl (C=O) groups is 1. The number of rotatable bonds is 6. The number of nitro groups is 1. The molecule has 0 atom stereocenters. The maximum absolute atomic E-state index is 12.2. The fourth-order valence-electron chi connectivity index (χ4n) is 2.30. The van der Waals surface area contributed by atoms with Gasteiger partial charge in [-0.05, 0) is 42.5 Å². The molecule has 1 aliphatic heterocycles. The summed E-state index contributed by atoms with van der Waals surface area (Å²) in [5.74, 6) is 0.0681. The lowest BCUT2D eigenvalue weighted by atomic mass is 10.1. The minimum atomic E-state index is -2.96. The van der Waals surface area contributed by atoms with E-state index in [1.54, 1.807) is 0 Å². The molecule has 0 amide bonds. The predicted molar refractivity (Wildman–Crippen MR) is 85.7 cm³/mol. The third kappa shape index (κ3) is 3.77. The van der Waals surface area contributed by atoms with Gasteiger partial charge in [-0.15, -0.1) is 0 Å². The van der Waals surface area contributed by atoms with Gasteiger partial charge in [-0.25, -0.2) is 0 Å². The molecule has 9 heteroatoms. The number of hydrogen-bond acceptors (Lipinski definition) is 6. The van der Waals surface area contributed by atoms with Crippen molar-refractivity contribution in [2.24, 2.45) is 0 Å². The number of ketones is 1. The summed E-state index contributed by atoms with van der Waals surface area (Å²) >= 11 is 0. The van der Waals surface area contributed by atoms with Crippen molar-refractivity contribution >= 4 is 17.5 Å². The SMILES string of the molecule is O=C(/C=C/c1cc2c(cc1[N+](=O)[O-])OCO2)c1ccc(OC(F)F)cc1. The van der Waals surface area contributed by atoms with Crippen LogP contribution >= 0.6 is 0 Å². The average molecular weight is 363 g/mol. The number of halogens is 2. The number of benzene rings is 2. The highest BCUT2D eigenvalue weighted by atomic mass is 19.3. The zero-order chi connectivity index (χ0) is 18.7. The summed E-state index contributed by atoms with van der Waals surface area (Å²) < 4.78 is 38.7. The number of nitro benzene ring substituents is 1. The number of fused-ring (bicyclic) bond motifs is 1. The van der Waals surface area contributed by atoms with Crippen LogP contribution < -0.4 is 14.2 Å². The van der Waals surface area contributed by atoms with Crippen molar-refractivity contribution in [2.75, 3.05) is 6.79 Å². The summed E-state index contributed by atoms with van der Waals surface area (Å²) in [4.78, 5) is 22.7. The molecule has 0 bridgehead atoms. The van der Waals surface area contributed by atoms with Crippen molar-refractivity contribution in [2.45, 2.75) is 6.61 Å². The molecule has 0 aromatic heterocycles. The molecule has 7 nitrogen and oxygen atoms in total. The highest BCUT2D eigenvalue weighted by Crippen LogP contribution is 2.38. The Morgan fingerprint density at radius 1 is 1.19 bits per heavy atom. The first kappa shape index (κ1) is 17.3. The molecular weight excluding hydrogens is 352 g/mol. The lowest BCUT2D eigenvalue weighted by Gasteiger charge is -2.04. The second-order valence-electron chi connectivity index (χ2n) is 5.12. The molecule has 1 aliphatic rings. The molecule has 0 unspecified atom stereocenters. The van der Waals surface area contributed by atoms with Gasteiger partial charge in [-0.2, -0.15) is 8.78 Å². The largest absolute Gasteiger partial charge is 0.454 e. The molecule has 0 radical (unpaired) electrons. The van der Waals surface area contributed by atoms with Gasteiger partial charge in [-0.3, -0.25) is 14.9 Å². The Bertz CT molecular complexity index is 880. The van der Waals surface area contributed by atoms with Gasteiger partial charge in [0.15, 0.2) is 17.3 Å². The molecule has 0 saturated carbocycles. The van der Waals surface area contributed by atoms with E-state index in [2.05, 4.69) is 4.74 Å². The highest BCUT2D eigenvalue weighted by molar-refractivity contribution is 6.07. The fraction of sp³-hybridized carbons (Fsp3) is 0.118. The monoisotopic (exact) mass is 363 g/mol. The second kappa shape index (κ2) is 7.18. The molecule has 2 aromatic carbocycles. The van der Waals surface area contributed by atoms with Crippen molar-refractivity contribution < 1.29 is 32.7 Å². The van der Waals surface area contributed by atoms with Gasteiger partial charge in [0.05, 0.1) is 16.6 Å².